The van der Waals surface area contributed by atoms with Crippen molar-refractivity contribution < 1.29 is 9.53 Å². The minimum Gasteiger partial charge on any atom is -0.479 e. The number of nitrogens with zero attached hydrogens (tertiary/aromatic N) is 1. The zero-order valence-electron chi connectivity index (χ0n) is 12.0. The van der Waals surface area contributed by atoms with E-state index in [1.165, 1.54) is 0 Å². The van der Waals surface area contributed by atoms with E-state index in [2.05, 4.69) is 15.9 Å². The number of rotatable bonds is 2. The van der Waals surface area contributed by atoms with Gasteiger partial charge < -0.3 is 9.64 Å². The van der Waals surface area contributed by atoms with Crippen LogP contribution >= 0.6 is 15.9 Å². The summed E-state index contributed by atoms with van der Waals surface area (Å²) in [6, 6.07) is 13.9. The lowest BCUT2D eigenvalue weighted by molar-refractivity contribution is -0.125. The Morgan fingerprint density at radius 3 is 2.76 bits per heavy atom. The third-order valence-electron chi connectivity index (χ3n) is 3.61. The number of carbonyl (C=O) groups is 1. The van der Waals surface area contributed by atoms with Gasteiger partial charge in [-0.05, 0) is 43.2 Å². The standard InChI is InChI=1S/C17H16BrNO2/c1-11-7-8-15-16(9-11)21-12(2)17(20)19(15)10-13-5-3-4-6-14(13)18/h3-9,12H,10H2,1-2H3. The van der Waals surface area contributed by atoms with Crippen LogP contribution in [0.5, 0.6) is 5.75 Å². The van der Waals surface area contributed by atoms with Crippen molar-refractivity contribution in [3.63, 3.8) is 0 Å². The first-order valence-corrected chi connectivity index (χ1v) is 7.67. The summed E-state index contributed by atoms with van der Waals surface area (Å²) in [5.41, 5.74) is 3.03. The Morgan fingerprint density at radius 1 is 1.24 bits per heavy atom. The van der Waals surface area contributed by atoms with Gasteiger partial charge in [0.2, 0.25) is 0 Å². The van der Waals surface area contributed by atoms with Crippen molar-refractivity contribution in [1.82, 2.24) is 0 Å². The molecule has 1 aliphatic heterocycles. The molecule has 21 heavy (non-hydrogen) atoms. The fraction of sp³-hybridized carbons (Fsp3) is 0.235. The molecule has 0 aliphatic carbocycles. The van der Waals surface area contributed by atoms with Crippen molar-refractivity contribution in [3.05, 3.63) is 58.1 Å². The van der Waals surface area contributed by atoms with Gasteiger partial charge in [0.25, 0.3) is 5.91 Å². The second-order valence-electron chi connectivity index (χ2n) is 5.25. The lowest BCUT2D eigenvalue weighted by Crippen LogP contribution is -2.44. The number of carbonyl (C=O) groups excluding carboxylic acids is 1. The number of fused-ring (bicyclic) bond motifs is 1. The van der Waals surface area contributed by atoms with E-state index in [-0.39, 0.29) is 5.91 Å². The van der Waals surface area contributed by atoms with Gasteiger partial charge in [-0.25, -0.2) is 0 Å². The maximum Gasteiger partial charge on any atom is 0.268 e. The topological polar surface area (TPSA) is 29.5 Å². The first kappa shape index (κ1) is 14.1. The Hall–Kier alpha value is -1.81. The zero-order valence-corrected chi connectivity index (χ0v) is 13.6. The fourth-order valence-corrected chi connectivity index (χ4v) is 2.89. The predicted molar refractivity (Wildman–Crippen MR) is 86.6 cm³/mol. The van der Waals surface area contributed by atoms with Gasteiger partial charge in [0.15, 0.2) is 6.10 Å². The molecule has 3 rings (SSSR count). The van der Waals surface area contributed by atoms with Gasteiger partial charge in [0, 0.05) is 4.47 Å². The van der Waals surface area contributed by atoms with Crippen LogP contribution in [0.15, 0.2) is 46.9 Å². The summed E-state index contributed by atoms with van der Waals surface area (Å²) in [5.74, 6) is 0.760. The van der Waals surface area contributed by atoms with Crippen LogP contribution in [0.25, 0.3) is 0 Å². The molecule has 1 aliphatic rings. The average Bonchev–Trinajstić information content (AvgIpc) is 2.45. The van der Waals surface area contributed by atoms with Gasteiger partial charge in [-0.15, -0.1) is 0 Å². The van der Waals surface area contributed by atoms with Crippen molar-refractivity contribution in [1.29, 1.82) is 0 Å². The Kier molecular flexibility index (Phi) is 3.72. The number of hydrogen-bond acceptors (Lipinski definition) is 2. The number of hydrogen-bond donors (Lipinski definition) is 0. The first-order valence-electron chi connectivity index (χ1n) is 6.88. The molecule has 0 aromatic heterocycles. The molecule has 3 nitrogen and oxygen atoms in total. The molecule has 1 atom stereocenters. The van der Waals surface area contributed by atoms with E-state index >= 15 is 0 Å². The van der Waals surface area contributed by atoms with Gasteiger partial charge in [-0.3, -0.25) is 4.79 Å². The Labute approximate surface area is 132 Å². The highest BCUT2D eigenvalue weighted by Gasteiger charge is 2.31. The predicted octanol–water partition coefficient (Wildman–Crippen LogP) is 4.07. The second-order valence-corrected chi connectivity index (χ2v) is 6.10. The highest BCUT2D eigenvalue weighted by atomic mass is 79.9. The summed E-state index contributed by atoms with van der Waals surface area (Å²) < 4.78 is 6.73. The largest absolute Gasteiger partial charge is 0.479 e. The maximum absolute atomic E-state index is 12.5. The van der Waals surface area contributed by atoms with Crippen molar-refractivity contribution in [3.8, 4) is 5.75 Å². The highest BCUT2D eigenvalue weighted by molar-refractivity contribution is 9.10. The average molecular weight is 346 g/mol. The van der Waals surface area contributed by atoms with Crippen LogP contribution in [-0.4, -0.2) is 12.0 Å². The van der Waals surface area contributed by atoms with Gasteiger partial charge in [-0.2, -0.15) is 0 Å². The Morgan fingerprint density at radius 2 is 2.00 bits per heavy atom. The van der Waals surface area contributed by atoms with Crippen LogP contribution < -0.4 is 9.64 Å². The quantitative estimate of drug-likeness (QED) is 0.820. The second kappa shape index (κ2) is 5.53. The van der Waals surface area contributed by atoms with Crippen molar-refractivity contribution in [2.45, 2.75) is 26.5 Å². The number of ether oxygens (including phenoxy) is 1. The summed E-state index contributed by atoms with van der Waals surface area (Å²) in [7, 11) is 0. The summed E-state index contributed by atoms with van der Waals surface area (Å²) in [6.45, 7) is 4.34. The van der Waals surface area contributed by atoms with Crippen LogP contribution in [0.1, 0.15) is 18.1 Å². The molecule has 4 heteroatoms. The molecule has 1 heterocycles. The summed E-state index contributed by atoms with van der Waals surface area (Å²) in [4.78, 5) is 14.3. The van der Waals surface area contributed by atoms with Crippen LogP contribution in [0.2, 0.25) is 0 Å². The molecule has 0 radical (unpaired) electrons. The number of benzene rings is 2. The van der Waals surface area contributed by atoms with Gasteiger partial charge >= 0.3 is 0 Å². The van der Waals surface area contributed by atoms with E-state index in [9.17, 15) is 4.79 Å². The minimum absolute atomic E-state index is 0.0119. The Bertz CT molecular complexity index is 699. The molecule has 0 fully saturated rings. The SMILES string of the molecule is Cc1ccc2c(c1)OC(C)C(=O)N2Cc1ccccc1Br. The first-order chi connectivity index (χ1) is 10.1. The fourth-order valence-electron chi connectivity index (χ4n) is 2.48. The van der Waals surface area contributed by atoms with E-state index in [1.807, 2.05) is 49.4 Å². The van der Waals surface area contributed by atoms with Crippen LogP contribution in [0.4, 0.5) is 5.69 Å². The monoisotopic (exact) mass is 345 g/mol. The maximum atomic E-state index is 12.5. The molecule has 1 amide bonds. The molecule has 0 bridgehead atoms. The van der Waals surface area contributed by atoms with Crippen LogP contribution in [-0.2, 0) is 11.3 Å². The number of anilines is 1. The van der Waals surface area contributed by atoms with E-state index in [4.69, 9.17) is 4.74 Å². The van der Waals surface area contributed by atoms with Gasteiger partial charge in [-0.1, -0.05) is 40.2 Å². The van der Waals surface area contributed by atoms with E-state index in [0.29, 0.717) is 6.54 Å². The van der Waals surface area contributed by atoms with Crippen molar-refractivity contribution in [2.24, 2.45) is 0 Å². The molecule has 2 aromatic rings. The summed E-state index contributed by atoms with van der Waals surface area (Å²) in [6.07, 6.45) is -0.457. The third kappa shape index (κ3) is 2.68. The van der Waals surface area contributed by atoms with E-state index in [0.717, 1.165) is 27.0 Å². The molecule has 2 aromatic carbocycles. The zero-order chi connectivity index (χ0) is 15.0. The van der Waals surface area contributed by atoms with Crippen LogP contribution in [0, 0.1) is 6.92 Å². The highest BCUT2D eigenvalue weighted by Crippen LogP contribution is 2.36. The molecular weight excluding hydrogens is 330 g/mol. The molecule has 1 unspecified atom stereocenters. The minimum atomic E-state index is -0.457. The van der Waals surface area contributed by atoms with Gasteiger partial charge in [0.05, 0.1) is 12.2 Å². The molecule has 0 saturated heterocycles. The number of aryl methyl sites for hydroxylation is 1. The number of halogens is 1. The molecule has 108 valence electrons. The van der Waals surface area contributed by atoms with Crippen molar-refractivity contribution in [2.75, 3.05) is 4.90 Å². The molecular formula is C17H16BrNO2. The molecule has 0 spiro atoms. The van der Waals surface area contributed by atoms with E-state index < -0.39 is 6.10 Å². The lowest BCUT2D eigenvalue weighted by atomic mass is 10.1. The summed E-state index contributed by atoms with van der Waals surface area (Å²) in [5, 5.41) is 0. The normalized spacial score (nSPS) is 17.4. The van der Waals surface area contributed by atoms with Crippen LogP contribution in [0.3, 0.4) is 0 Å². The van der Waals surface area contributed by atoms with Gasteiger partial charge in [0.1, 0.15) is 5.75 Å². The van der Waals surface area contributed by atoms with Crippen molar-refractivity contribution >= 4 is 27.5 Å². The molecule has 0 N–H and O–H groups in total. The smallest absolute Gasteiger partial charge is 0.268 e. The molecule has 0 saturated carbocycles. The number of amides is 1. The Balaban J connectivity index is 2.01. The lowest BCUT2D eigenvalue weighted by Gasteiger charge is -2.33. The van der Waals surface area contributed by atoms with E-state index in [1.54, 1.807) is 11.8 Å². The summed E-state index contributed by atoms with van der Waals surface area (Å²) >= 11 is 3.54. The third-order valence-corrected chi connectivity index (χ3v) is 4.38.